The number of hydrogen-bond donors (Lipinski definition) is 1. The lowest BCUT2D eigenvalue weighted by Gasteiger charge is -2.25. The van der Waals surface area contributed by atoms with Crippen LogP contribution in [0.15, 0.2) is 24.3 Å². The second-order valence-corrected chi connectivity index (χ2v) is 8.35. The van der Waals surface area contributed by atoms with E-state index in [0.29, 0.717) is 38.4 Å². The summed E-state index contributed by atoms with van der Waals surface area (Å²) in [5.74, 6) is 0.277. The minimum absolute atomic E-state index is 0.0746. The third-order valence-electron chi connectivity index (χ3n) is 6.34. The summed E-state index contributed by atoms with van der Waals surface area (Å²) in [5, 5.41) is 7.20. The van der Waals surface area contributed by atoms with E-state index in [0.717, 1.165) is 23.9 Å². The minimum Gasteiger partial charge on any atom is -0.370 e. The van der Waals surface area contributed by atoms with Crippen LogP contribution in [0, 0.1) is 11.8 Å². The third-order valence-corrected chi connectivity index (χ3v) is 6.34. The predicted molar refractivity (Wildman–Crippen MR) is 100 cm³/mol. The van der Waals surface area contributed by atoms with E-state index >= 15 is 0 Å². The second-order valence-electron chi connectivity index (χ2n) is 8.35. The van der Waals surface area contributed by atoms with Crippen LogP contribution in [0.3, 0.4) is 0 Å². The smallest absolute Gasteiger partial charge is 0.370 e. The minimum atomic E-state index is -4.37. The lowest BCUT2D eigenvalue weighted by atomic mass is 10.0. The highest BCUT2D eigenvalue weighted by atomic mass is 19.4. The van der Waals surface area contributed by atoms with Gasteiger partial charge in [0.25, 0.3) is 5.91 Å². The molecule has 0 aliphatic carbocycles. The number of likely N-dealkylation sites (tertiary alicyclic amines) is 1. The molecule has 3 aliphatic rings. The molecular formula is C20H22F3N5O. The molecule has 2 fully saturated rings. The van der Waals surface area contributed by atoms with Crippen LogP contribution in [-0.2, 0) is 19.3 Å². The van der Waals surface area contributed by atoms with Crippen LogP contribution in [0.4, 0.5) is 18.9 Å². The molecule has 1 amide bonds. The van der Waals surface area contributed by atoms with Gasteiger partial charge in [-0.15, -0.1) is 0 Å². The molecule has 0 spiro atoms. The number of alkyl halides is 3. The van der Waals surface area contributed by atoms with Gasteiger partial charge in [0.2, 0.25) is 0 Å². The van der Waals surface area contributed by atoms with E-state index < -0.39 is 11.7 Å². The first kappa shape index (κ1) is 18.5. The van der Waals surface area contributed by atoms with Crippen molar-refractivity contribution in [2.45, 2.75) is 19.3 Å². The Morgan fingerprint density at radius 3 is 2.48 bits per heavy atom. The van der Waals surface area contributed by atoms with Crippen LogP contribution >= 0.6 is 0 Å². The summed E-state index contributed by atoms with van der Waals surface area (Å²) in [6, 6.07) is 5.73. The van der Waals surface area contributed by atoms with Gasteiger partial charge in [-0.3, -0.25) is 14.8 Å². The van der Waals surface area contributed by atoms with E-state index in [9.17, 15) is 18.0 Å². The first-order valence-electron chi connectivity index (χ1n) is 9.76. The van der Waals surface area contributed by atoms with E-state index in [4.69, 9.17) is 0 Å². The quantitative estimate of drug-likeness (QED) is 0.835. The molecule has 2 atom stereocenters. The van der Waals surface area contributed by atoms with Crippen molar-refractivity contribution in [1.82, 2.24) is 20.0 Å². The van der Waals surface area contributed by atoms with Gasteiger partial charge in [0.05, 0.1) is 11.3 Å². The van der Waals surface area contributed by atoms with Crippen molar-refractivity contribution in [3.05, 3.63) is 46.8 Å². The fourth-order valence-corrected chi connectivity index (χ4v) is 4.97. The maximum atomic E-state index is 13.4. The molecule has 6 nitrogen and oxygen atoms in total. The predicted octanol–water partition coefficient (Wildman–Crippen LogP) is 2.58. The van der Waals surface area contributed by atoms with E-state index in [-0.39, 0.29) is 23.4 Å². The van der Waals surface area contributed by atoms with E-state index in [1.165, 1.54) is 12.1 Å². The van der Waals surface area contributed by atoms with E-state index in [2.05, 4.69) is 15.1 Å². The number of H-pyrrole nitrogens is 1. The van der Waals surface area contributed by atoms with Gasteiger partial charge in [-0.2, -0.15) is 18.3 Å². The maximum Gasteiger partial charge on any atom is 0.418 e. The van der Waals surface area contributed by atoms with Crippen LogP contribution in [0.1, 0.15) is 27.3 Å². The van der Waals surface area contributed by atoms with Gasteiger partial charge >= 0.3 is 6.18 Å². The summed E-state index contributed by atoms with van der Waals surface area (Å²) >= 11 is 0. The van der Waals surface area contributed by atoms with Gasteiger partial charge in [0, 0.05) is 62.4 Å². The summed E-state index contributed by atoms with van der Waals surface area (Å²) in [4.78, 5) is 18.8. The number of benzene rings is 1. The van der Waals surface area contributed by atoms with Gasteiger partial charge in [-0.25, -0.2) is 0 Å². The zero-order valence-corrected chi connectivity index (χ0v) is 16.0. The van der Waals surface area contributed by atoms with Crippen LogP contribution in [0.25, 0.3) is 0 Å². The lowest BCUT2D eigenvalue weighted by Crippen LogP contribution is -2.34. The highest BCUT2D eigenvalue weighted by Crippen LogP contribution is 2.41. The summed E-state index contributed by atoms with van der Waals surface area (Å²) in [6.07, 6.45) is -4.37. The average molecular weight is 405 g/mol. The average Bonchev–Trinajstić information content (AvgIpc) is 3.39. The zero-order valence-electron chi connectivity index (χ0n) is 16.0. The van der Waals surface area contributed by atoms with Crippen LogP contribution in [0.5, 0.6) is 0 Å². The Kier molecular flexibility index (Phi) is 4.13. The van der Waals surface area contributed by atoms with E-state index in [1.807, 2.05) is 16.8 Å². The molecule has 4 heterocycles. The first-order valence-corrected chi connectivity index (χ1v) is 9.76. The summed E-state index contributed by atoms with van der Waals surface area (Å²) in [5.41, 5.74) is 2.09. The molecule has 2 aromatic rings. The van der Waals surface area contributed by atoms with Crippen LogP contribution < -0.4 is 4.90 Å². The number of carbonyl (C=O) groups excluding carboxylic acids is 1. The molecule has 0 saturated carbocycles. The standard InChI is InChI=1S/C20H22F3N5O/c1-26-10-14-16(11-26)24-25-18(14)19(29)28-8-12-6-27(7-13(12)9-28)17-5-3-2-4-15(17)20(21,22)23/h2-5,12-13H,6-11H2,1H3,(H,24,25)/t12-,13+. The summed E-state index contributed by atoms with van der Waals surface area (Å²) in [7, 11) is 2.00. The van der Waals surface area contributed by atoms with Gasteiger partial charge in [-0.1, -0.05) is 12.1 Å². The van der Waals surface area contributed by atoms with Gasteiger partial charge in [-0.05, 0) is 19.2 Å². The van der Waals surface area contributed by atoms with Crippen molar-refractivity contribution in [2.24, 2.45) is 11.8 Å². The van der Waals surface area contributed by atoms with Crippen molar-refractivity contribution in [3.8, 4) is 0 Å². The number of nitrogens with one attached hydrogen (secondary N) is 1. The Bertz CT molecular complexity index is 942. The van der Waals surface area contributed by atoms with Crippen LogP contribution in [0.2, 0.25) is 0 Å². The molecule has 1 N–H and O–H groups in total. The first-order chi connectivity index (χ1) is 13.8. The van der Waals surface area contributed by atoms with Crippen molar-refractivity contribution in [1.29, 1.82) is 0 Å². The molecule has 29 heavy (non-hydrogen) atoms. The number of fused-ring (bicyclic) bond motifs is 2. The summed E-state index contributed by atoms with van der Waals surface area (Å²) in [6.45, 7) is 3.65. The van der Waals surface area contributed by atoms with Gasteiger partial charge in [0.1, 0.15) is 0 Å². The molecular weight excluding hydrogens is 383 g/mol. The topological polar surface area (TPSA) is 55.5 Å². The van der Waals surface area contributed by atoms with Gasteiger partial charge < -0.3 is 9.80 Å². The number of aromatic nitrogens is 2. The monoisotopic (exact) mass is 405 g/mol. The number of hydrogen-bond acceptors (Lipinski definition) is 4. The normalized spacial score (nSPS) is 24.3. The Morgan fingerprint density at radius 2 is 1.79 bits per heavy atom. The third kappa shape index (κ3) is 3.08. The number of carbonyl (C=O) groups is 1. The summed E-state index contributed by atoms with van der Waals surface area (Å²) < 4.78 is 40.1. The molecule has 5 rings (SSSR count). The molecule has 154 valence electrons. The Morgan fingerprint density at radius 1 is 1.10 bits per heavy atom. The fourth-order valence-electron chi connectivity index (χ4n) is 4.97. The molecule has 3 aliphatic heterocycles. The number of nitrogens with zero attached hydrogens (tertiary/aromatic N) is 4. The molecule has 0 radical (unpaired) electrons. The highest BCUT2D eigenvalue weighted by molar-refractivity contribution is 5.94. The number of amides is 1. The van der Waals surface area contributed by atoms with E-state index in [1.54, 1.807) is 6.07 Å². The SMILES string of the molecule is CN1Cc2[nH]nc(C(=O)N3C[C@@H]4CN(c5ccccc5C(F)(F)F)C[C@@H]4C3)c2C1. The number of anilines is 1. The second kappa shape index (κ2) is 6.48. The molecule has 0 bridgehead atoms. The molecule has 2 saturated heterocycles. The Labute approximate surface area is 166 Å². The lowest BCUT2D eigenvalue weighted by molar-refractivity contribution is -0.137. The Balaban J connectivity index is 1.30. The maximum absolute atomic E-state index is 13.4. The highest BCUT2D eigenvalue weighted by Gasteiger charge is 2.44. The molecule has 9 heteroatoms. The van der Waals surface area contributed by atoms with Crippen molar-refractivity contribution < 1.29 is 18.0 Å². The molecule has 0 unspecified atom stereocenters. The number of halogens is 3. The number of para-hydroxylation sites is 1. The van der Waals surface area contributed by atoms with Crippen molar-refractivity contribution >= 4 is 11.6 Å². The Hall–Kier alpha value is -2.55. The zero-order chi connectivity index (χ0) is 20.3. The van der Waals surface area contributed by atoms with Gasteiger partial charge in [0.15, 0.2) is 5.69 Å². The van der Waals surface area contributed by atoms with Crippen LogP contribution in [-0.4, -0.2) is 59.1 Å². The fraction of sp³-hybridized carbons (Fsp3) is 0.500. The number of rotatable bonds is 2. The van der Waals surface area contributed by atoms with Crippen molar-refractivity contribution in [2.75, 3.05) is 38.1 Å². The molecule has 1 aromatic carbocycles. The number of aromatic amines is 1. The largest absolute Gasteiger partial charge is 0.418 e. The van der Waals surface area contributed by atoms with Crippen molar-refractivity contribution in [3.63, 3.8) is 0 Å². The molecule has 1 aromatic heterocycles.